The van der Waals surface area contributed by atoms with Crippen molar-refractivity contribution >= 4 is 32.8 Å². The summed E-state index contributed by atoms with van der Waals surface area (Å²) >= 11 is 0. The van der Waals surface area contributed by atoms with Crippen LogP contribution in [0.25, 0.3) is 106 Å². The van der Waals surface area contributed by atoms with Gasteiger partial charge >= 0.3 is 0 Å². The first-order valence-corrected chi connectivity index (χ1v) is 30.2. The SMILES string of the molecule is [2H]c1c([2H])c2c(c([2H])c1-c1ccc(-c3c([2H])c([2H])c4c(c3[2H])C(C)(C)CCC4(C)C)c3c1-c1ccccc1-c1ccccc1-c1cccc4c1[n+]-3[c-]n4-c1cccc(Oc3ccc4c5ccccc5n(-c5cc(C(C)(C)C)ccn5)c4c3)c1)C(C)(C)CCC2(C)C. The third kappa shape index (κ3) is 8.46. The molecular formula is C80H74N4O. The predicted molar refractivity (Wildman–Crippen MR) is 352 cm³/mol. The first kappa shape index (κ1) is 46.6. The van der Waals surface area contributed by atoms with Crippen LogP contribution in [0.1, 0.15) is 138 Å². The molecule has 2 aliphatic carbocycles. The third-order valence-electron chi connectivity index (χ3n) is 19.2. The number of hydrogen-bond donors (Lipinski definition) is 0. The Morgan fingerprint density at radius 1 is 0.494 bits per heavy atom. The van der Waals surface area contributed by atoms with Crippen LogP contribution >= 0.6 is 0 Å². The van der Waals surface area contributed by atoms with Crippen molar-refractivity contribution in [3.8, 4) is 84.3 Å². The molecule has 4 heterocycles. The van der Waals surface area contributed by atoms with Crippen LogP contribution in [0.15, 0.2) is 200 Å². The molecule has 3 aromatic heterocycles. The number of benzene rings is 9. The lowest BCUT2D eigenvalue weighted by Crippen LogP contribution is -2.34. The van der Waals surface area contributed by atoms with Gasteiger partial charge in [-0.15, -0.1) is 0 Å². The molecule has 0 unspecified atom stereocenters. The van der Waals surface area contributed by atoms with Crippen LogP contribution in [-0.4, -0.2) is 14.1 Å². The zero-order valence-corrected chi connectivity index (χ0v) is 50.6. The van der Waals surface area contributed by atoms with Gasteiger partial charge < -0.3 is 4.74 Å². The van der Waals surface area contributed by atoms with Crippen LogP contribution in [0.3, 0.4) is 0 Å². The lowest BCUT2D eigenvalue weighted by Gasteiger charge is -2.42. The molecule has 0 N–H and O–H groups in total. The average molecular weight is 1110 g/mol. The van der Waals surface area contributed by atoms with E-state index in [9.17, 15) is 8.22 Å². The van der Waals surface area contributed by atoms with Crippen LogP contribution in [0, 0.1) is 6.33 Å². The van der Waals surface area contributed by atoms with E-state index in [4.69, 9.17) is 9.72 Å². The maximum Gasteiger partial charge on any atom is 0.269 e. The minimum Gasteiger partial charge on any atom is -0.458 e. The molecule has 0 atom stereocenters. The van der Waals surface area contributed by atoms with Crippen LogP contribution < -0.4 is 9.30 Å². The molecule has 9 aromatic carbocycles. The molecule has 0 spiro atoms. The summed E-state index contributed by atoms with van der Waals surface area (Å²) in [5.74, 6) is 2.08. The number of nitrogens with zero attached hydrogens (tertiary/aromatic N) is 4. The maximum atomic E-state index is 10.6. The Morgan fingerprint density at radius 2 is 1.04 bits per heavy atom. The van der Waals surface area contributed by atoms with Crippen LogP contribution in [-0.2, 0) is 27.1 Å². The Morgan fingerprint density at radius 3 is 1.72 bits per heavy atom. The fraction of sp³-hybridized carbons (Fsp3) is 0.250. The van der Waals surface area contributed by atoms with E-state index >= 15 is 0 Å². The second-order valence-corrected chi connectivity index (χ2v) is 27.7. The first-order chi connectivity index (χ1) is 43.3. The fourth-order valence-corrected chi connectivity index (χ4v) is 14.1. The minimum atomic E-state index is -0.482. The van der Waals surface area contributed by atoms with Gasteiger partial charge in [0, 0.05) is 28.6 Å². The molecular weight excluding hydrogens is 1030 g/mol. The van der Waals surface area contributed by atoms with Crippen LogP contribution in [0.5, 0.6) is 11.5 Å². The normalized spacial score (nSPS) is 17.1. The molecule has 0 bridgehead atoms. The van der Waals surface area contributed by atoms with Crippen molar-refractivity contribution < 1.29 is 17.5 Å². The molecule has 85 heavy (non-hydrogen) atoms. The van der Waals surface area contributed by atoms with Crippen LogP contribution in [0.4, 0.5) is 0 Å². The van der Waals surface area contributed by atoms with Gasteiger partial charge in [-0.05, 0) is 179 Å². The number of para-hydroxylation sites is 2. The molecule has 3 aliphatic rings. The highest BCUT2D eigenvalue weighted by Crippen LogP contribution is 2.53. The Kier molecular flexibility index (Phi) is 10.3. The summed E-state index contributed by atoms with van der Waals surface area (Å²) in [5.41, 5.74) is 14.4. The van der Waals surface area contributed by atoms with Gasteiger partial charge in [0.25, 0.3) is 6.33 Å². The van der Waals surface area contributed by atoms with Gasteiger partial charge in [0.15, 0.2) is 0 Å². The highest BCUT2D eigenvalue weighted by molar-refractivity contribution is 6.10. The van der Waals surface area contributed by atoms with Gasteiger partial charge in [0.2, 0.25) is 0 Å². The van der Waals surface area contributed by atoms with Gasteiger partial charge in [0.1, 0.15) is 17.3 Å². The Hall–Kier alpha value is -8.80. The summed E-state index contributed by atoms with van der Waals surface area (Å²) in [7, 11) is 0. The van der Waals surface area contributed by atoms with Gasteiger partial charge in [-0.3, -0.25) is 13.7 Å². The number of fused-ring (bicyclic) bond motifs is 12. The maximum absolute atomic E-state index is 10.6. The summed E-state index contributed by atoms with van der Waals surface area (Å²) in [6.45, 7) is 23.9. The highest BCUT2D eigenvalue weighted by Gasteiger charge is 2.40. The standard InChI is InChI=1S/C80H74N4O/c1-76(2,3)52-38-43-81-72(46-52)84-69-28-17-16-25-61(69)62-33-32-55(48-71(62)84)85-54-21-18-20-53(47-54)82-49-83-74-64(27-19-29-70(74)82)60-24-13-12-22-58(60)59-23-14-15-26-63(59)73-56(50-30-36-65-67(44-50)79(8,9)41-39-77(65,4)5)34-35-57(75(73)83)51-31-37-66-68(45-51)80(10,11)42-40-78(66,6)7/h12-38,43-48H,39-42H2,1-11H3/i30D,31D,36D,37D,44D,45D. The summed E-state index contributed by atoms with van der Waals surface area (Å²) in [6.07, 6.45) is 9.11. The van der Waals surface area contributed by atoms with E-state index in [0.717, 1.165) is 120 Å². The van der Waals surface area contributed by atoms with Crippen molar-refractivity contribution in [3.63, 3.8) is 0 Å². The van der Waals surface area contributed by atoms with E-state index in [-0.39, 0.29) is 41.7 Å². The quantitative estimate of drug-likeness (QED) is 0.123. The Balaban J connectivity index is 1.02. The van der Waals surface area contributed by atoms with E-state index < -0.39 is 21.7 Å². The summed E-state index contributed by atoms with van der Waals surface area (Å²) in [5, 5.41) is 2.21. The molecule has 12 aromatic rings. The molecule has 1 aliphatic heterocycles. The molecule has 0 radical (unpaired) electrons. The Labute approximate surface area is 509 Å². The molecule has 420 valence electrons. The number of pyridine rings is 1. The van der Waals surface area contributed by atoms with Gasteiger partial charge in [-0.1, -0.05) is 216 Å². The summed E-state index contributed by atoms with van der Waals surface area (Å²) < 4.78 is 75.2. The third-order valence-corrected chi connectivity index (χ3v) is 19.2. The minimum absolute atomic E-state index is 0.0169. The number of aromatic nitrogens is 4. The second kappa shape index (κ2) is 18.9. The average Bonchev–Trinajstić information content (AvgIpc) is 1.33. The van der Waals surface area contributed by atoms with E-state index in [0.29, 0.717) is 45.0 Å². The lowest BCUT2D eigenvalue weighted by atomic mass is 9.62. The number of hydrogen-bond acceptors (Lipinski definition) is 2. The van der Waals surface area contributed by atoms with Crippen molar-refractivity contribution in [2.75, 3.05) is 0 Å². The van der Waals surface area contributed by atoms with Crippen molar-refractivity contribution in [3.05, 3.63) is 234 Å². The molecule has 0 saturated carbocycles. The predicted octanol–water partition coefficient (Wildman–Crippen LogP) is 20.6. The smallest absolute Gasteiger partial charge is 0.269 e. The van der Waals surface area contributed by atoms with Crippen molar-refractivity contribution in [2.45, 2.75) is 129 Å². The summed E-state index contributed by atoms with van der Waals surface area (Å²) in [4.78, 5) is 4.94. The molecule has 0 amide bonds. The highest BCUT2D eigenvalue weighted by atomic mass is 16.5. The van der Waals surface area contributed by atoms with E-state index in [1.165, 1.54) is 5.56 Å². The monoisotopic (exact) mass is 1110 g/mol. The zero-order valence-electron chi connectivity index (χ0n) is 56.6. The Bertz CT molecular complexity index is 5110. The fourth-order valence-electron chi connectivity index (χ4n) is 14.1. The van der Waals surface area contributed by atoms with E-state index in [1.807, 2.05) is 54.7 Å². The molecule has 0 saturated heterocycles. The molecule has 5 heteroatoms. The molecule has 5 nitrogen and oxygen atoms in total. The molecule has 0 fully saturated rings. The van der Waals surface area contributed by atoms with E-state index in [2.05, 4.69) is 205 Å². The van der Waals surface area contributed by atoms with Crippen molar-refractivity contribution in [1.82, 2.24) is 14.1 Å². The topological polar surface area (TPSA) is 35.9 Å². The number of imidazole rings is 1. The van der Waals surface area contributed by atoms with Gasteiger partial charge in [-0.25, -0.2) is 4.98 Å². The first-order valence-electron chi connectivity index (χ1n) is 33.2. The van der Waals surface area contributed by atoms with Crippen molar-refractivity contribution in [1.29, 1.82) is 0 Å². The van der Waals surface area contributed by atoms with Gasteiger partial charge in [-0.2, -0.15) is 0 Å². The van der Waals surface area contributed by atoms with E-state index in [1.54, 1.807) is 0 Å². The zero-order chi connectivity index (χ0) is 63.7. The molecule has 15 rings (SSSR count). The second-order valence-electron chi connectivity index (χ2n) is 27.7. The van der Waals surface area contributed by atoms with Crippen molar-refractivity contribution in [2.24, 2.45) is 0 Å². The lowest BCUT2D eigenvalue weighted by molar-refractivity contribution is -0.570. The van der Waals surface area contributed by atoms with Gasteiger partial charge in [0.05, 0.1) is 41.7 Å². The number of ether oxygens (including phenoxy) is 1. The number of rotatable bonds is 6. The van der Waals surface area contributed by atoms with Crippen LogP contribution in [0.2, 0.25) is 0 Å². The summed E-state index contributed by atoms with van der Waals surface area (Å²) in [6, 6.07) is 54.7. The largest absolute Gasteiger partial charge is 0.458 e.